The molecule has 0 bridgehead atoms. The van der Waals surface area contributed by atoms with Gasteiger partial charge in [-0.05, 0) is 37.8 Å². The summed E-state index contributed by atoms with van der Waals surface area (Å²) in [6, 6.07) is 2.67. The minimum atomic E-state index is -1.01. The molecule has 0 aliphatic carbocycles. The number of anilines is 1. The van der Waals surface area contributed by atoms with Gasteiger partial charge >= 0.3 is 12.0 Å². The molecular formula is C15H18N4O4. The van der Waals surface area contributed by atoms with Gasteiger partial charge in [0.1, 0.15) is 16.9 Å². The summed E-state index contributed by atoms with van der Waals surface area (Å²) in [7, 11) is 0. The lowest BCUT2D eigenvalue weighted by molar-refractivity contribution is -0.125. The molecule has 122 valence electrons. The number of aromatic carboxylic acids is 1. The van der Waals surface area contributed by atoms with Crippen molar-refractivity contribution in [2.75, 3.05) is 18.0 Å². The minimum absolute atomic E-state index is 0.00203. The number of amides is 3. The van der Waals surface area contributed by atoms with E-state index in [1.807, 2.05) is 4.90 Å². The van der Waals surface area contributed by atoms with Crippen molar-refractivity contribution in [3.8, 4) is 0 Å². The van der Waals surface area contributed by atoms with E-state index < -0.39 is 17.5 Å². The van der Waals surface area contributed by atoms with Crippen LogP contribution in [-0.2, 0) is 4.79 Å². The lowest BCUT2D eigenvalue weighted by atomic mass is 9.79. The number of hydrogen-bond acceptors (Lipinski definition) is 5. The lowest BCUT2D eigenvalue weighted by Gasteiger charge is -2.39. The first-order valence-corrected chi connectivity index (χ1v) is 7.48. The summed E-state index contributed by atoms with van der Waals surface area (Å²) in [5.74, 6) is -0.861. The molecule has 0 spiro atoms. The highest BCUT2D eigenvalue weighted by Crippen LogP contribution is 2.32. The fourth-order valence-corrected chi connectivity index (χ4v) is 3.33. The Morgan fingerprint density at radius 2 is 2.09 bits per heavy atom. The van der Waals surface area contributed by atoms with Gasteiger partial charge in [0.15, 0.2) is 0 Å². The SMILES string of the molecule is CC1(C2CCN(c3ncccc3C(=O)O)CC2)NC(=O)NC1=O. The highest BCUT2D eigenvalue weighted by Gasteiger charge is 2.48. The quantitative estimate of drug-likeness (QED) is 0.704. The number of nitrogens with zero attached hydrogens (tertiary/aromatic N) is 2. The third-order valence-corrected chi connectivity index (χ3v) is 4.70. The second kappa shape index (κ2) is 5.53. The van der Waals surface area contributed by atoms with Crippen molar-refractivity contribution in [2.45, 2.75) is 25.3 Å². The van der Waals surface area contributed by atoms with Gasteiger partial charge in [-0.15, -0.1) is 0 Å². The van der Waals surface area contributed by atoms with Gasteiger partial charge in [0.05, 0.1) is 0 Å². The number of aromatic nitrogens is 1. The maximum Gasteiger partial charge on any atom is 0.339 e. The number of piperidine rings is 1. The molecule has 2 aliphatic rings. The molecule has 1 aromatic rings. The van der Waals surface area contributed by atoms with Crippen molar-refractivity contribution < 1.29 is 19.5 Å². The summed E-state index contributed by atoms with van der Waals surface area (Å²) in [4.78, 5) is 40.8. The van der Waals surface area contributed by atoms with Gasteiger partial charge in [0.25, 0.3) is 5.91 Å². The zero-order chi connectivity index (χ0) is 16.6. The second-order valence-electron chi connectivity index (χ2n) is 6.05. The van der Waals surface area contributed by atoms with Crippen LogP contribution in [0.15, 0.2) is 18.3 Å². The molecule has 8 heteroatoms. The predicted octanol–water partition coefficient (Wildman–Crippen LogP) is 0.594. The van der Waals surface area contributed by atoms with E-state index in [1.54, 1.807) is 19.2 Å². The summed E-state index contributed by atoms with van der Waals surface area (Å²) in [6.45, 7) is 2.90. The van der Waals surface area contributed by atoms with Crippen LogP contribution >= 0.6 is 0 Å². The van der Waals surface area contributed by atoms with Crippen LogP contribution in [0.2, 0.25) is 0 Å². The molecule has 2 saturated heterocycles. The molecule has 8 nitrogen and oxygen atoms in total. The van der Waals surface area contributed by atoms with E-state index >= 15 is 0 Å². The highest BCUT2D eigenvalue weighted by molar-refractivity contribution is 6.07. The molecule has 3 rings (SSSR count). The van der Waals surface area contributed by atoms with Crippen LogP contribution < -0.4 is 15.5 Å². The molecule has 0 aromatic carbocycles. The van der Waals surface area contributed by atoms with Crippen LogP contribution in [0.25, 0.3) is 0 Å². The molecule has 3 amide bonds. The summed E-state index contributed by atoms with van der Waals surface area (Å²) in [5.41, 5.74) is -0.729. The molecule has 2 aliphatic heterocycles. The molecule has 1 atom stereocenters. The molecular weight excluding hydrogens is 300 g/mol. The van der Waals surface area contributed by atoms with Crippen molar-refractivity contribution in [2.24, 2.45) is 5.92 Å². The Morgan fingerprint density at radius 3 is 2.65 bits per heavy atom. The minimum Gasteiger partial charge on any atom is -0.478 e. The smallest absolute Gasteiger partial charge is 0.339 e. The normalized spacial score (nSPS) is 25.2. The zero-order valence-electron chi connectivity index (χ0n) is 12.7. The Labute approximate surface area is 132 Å². The molecule has 3 N–H and O–H groups in total. The van der Waals surface area contributed by atoms with Crippen LogP contribution in [0.3, 0.4) is 0 Å². The Balaban J connectivity index is 1.73. The monoisotopic (exact) mass is 318 g/mol. The van der Waals surface area contributed by atoms with Gasteiger partial charge in [0.2, 0.25) is 0 Å². The lowest BCUT2D eigenvalue weighted by Crippen LogP contribution is -2.54. The Bertz CT molecular complexity index is 669. The number of pyridine rings is 1. The van der Waals surface area contributed by atoms with Gasteiger partial charge in [0, 0.05) is 19.3 Å². The van der Waals surface area contributed by atoms with Crippen molar-refractivity contribution >= 4 is 23.7 Å². The summed E-state index contributed by atoms with van der Waals surface area (Å²) in [5, 5.41) is 14.2. The molecule has 1 unspecified atom stereocenters. The van der Waals surface area contributed by atoms with Crippen molar-refractivity contribution in [3.05, 3.63) is 23.9 Å². The van der Waals surface area contributed by atoms with Crippen molar-refractivity contribution in [1.29, 1.82) is 0 Å². The average molecular weight is 318 g/mol. The van der Waals surface area contributed by atoms with E-state index in [1.165, 1.54) is 6.07 Å². The van der Waals surface area contributed by atoms with Crippen LogP contribution in [0.1, 0.15) is 30.1 Å². The van der Waals surface area contributed by atoms with Gasteiger partial charge in [-0.2, -0.15) is 0 Å². The van der Waals surface area contributed by atoms with Crippen LogP contribution in [0.4, 0.5) is 10.6 Å². The van der Waals surface area contributed by atoms with E-state index in [0.717, 1.165) is 0 Å². The van der Waals surface area contributed by atoms with E-state index in [2.05, 4.69) is 15.6 Å². The predicted molar refractivity (Wildman–Crippen MR) is 81.2 cm³/mol. The number of nitrogens with one attached hydrogen (secondary N) is 2. The molecule has 3 heterocycles. The van der Waals surface area contributed by atoms with E-state index in [4.69, 9.17) is 0 Å². The van der Waals surface area contributed by atoms with Gasteiger partial charge in [-0.25, -0.2) is 14.6 Å². The number of carboxylic acid groups (broad SMARTS) is 1. The Hall–Kier alpha value is -2.64. The van der Waals surface area contributed by atoms with Gasteiger partial charge < -0.3 is 15.3 Å². The first kappa shape index (κ1) is 15.3. The molecule has 1 aromatic heterocycles. The summed E-state index contributed by atoms with van der Waals surface area (Å²) >= 11 is 0. The van der Waals surface area contributed by atoms with Crippen LogP contribution in [0.5, 0.6) is 0 Å². The second-order valence-corrected chi connectivity index (χ2v) is 6.05. The first-order valence-electron chi connectivity index (χ1n) is 7.48. The Kier molecular flexibility index (Phi) is 3.67. The number of urea groups is 1. The van der Waals surface area contributed by atoms with Crippen LogP contribution in [-0.4, -0.2) is 46.6 Å². The van der Waals surface area contributed by atoms with E-state index in [9.17, 15) is 19.5 Å². The third-order valence-electron chi connectivity index (χ3n) is 4.70. The zero-order valence-corrected chi connectivity index (χ0v) is 12.7. The summed E-state index contributed by atoms with van der Waals surface area (Å²) < 4.78 is 0. The maximum absolute atomic E-state index is 12.0. The third kappa shape index (κ3) is 2.60. The Morgan fingerprint density at radius 1 is 1.39 bits per heavy atom. The number of carbonyl (C=O) groups is 3. The standard InChI is InChI=1S/C15H18N4O4/c1-15(13(22)17-14(23)18-15)9-4-7-19(8-5-9)11-10(12(20)21)3-2-6-16-11/h2-3,6,9H,4-5,7-8H2,1H3,(H,20,21)(H2,17,18,22,23). The molecule has 0 radical (unpaired) electrons. The largest absolute Gasteiger partial charge is 0.478 e. The fourth-order valence-electron chi connectivity index (χ4n) is 3.33. The van der Waals surface area contributed by atoms with Gasteiger partial charge in [-0.1, -0.05) is 0 Å². The number of imide groups is 1. The van der Waals surface area contributed by atoms with E-state index in [0.29, 0.717) is 31.7 Å². The summed E-state index contributed by atoms with van der Waals surface area (Å²) in [6.07, 6.45) is 2.90. The maximum atomic E-state index is 12.0. The van der Waals surface area contributed by atoms with Gasteiger partial charge in [-0.3, -0.25) is 10.1 Å². The molecule has 23 heavy (non-hydrogen) atoms. The van der Waals surface area contributed by atoms with Crippen molar-refractivity contribution in [1.82, 2.24) is 15.6 Å². The first-order chi connectivity index (χ1) is 10.9. The van der Waals surface area contributed by atoms with Crippen LogP contribution in [0, 0.1) is 5.92 Å². The number of hydrogen-bond donors (Lipinski definition) is 3. The number of rotatable bonds is 3. The highest BCUT2D eigenvalue weighted by atomic mass is 16.4. The number of carboxylic acids is 1. The fraction of sp³-hybridized carbons (Fsp3) is 0.467. The van der Waals surface area contributed by atoms with E-state index in [-0.39, 0.29) is 17.4 Å². The topological polar surface area (TPSA) is 112 Å². The molecule has 2 fully saturated rings. The average Bonchev–Trinajstić information content (AvgIpc) is 2.81. The molecule has 0 saturated carbocycles. The number of carbonyl (C=O) groups excluding carboxylic acids is 2. The van der Waals surface area contributed by atoms with Crippen molar-refractivity contribution in [3.63, 3.8) is 0 Å².